The Balaban J connectivity index is 1.45. The van der Waals surface area contributed by atoms with E-state index in [-0.39, 0.29) is 23.4 Å². The fourth-order valence-corrected chi connectivity index (χ4v) is 4.51. The topological polar surface area (TPSA) is 65.8 Å². The summed E-state index contributed by atoms with van der Waals surface area (Å²) in [6, 6.07) is 6.05. The maximum atomic E-state index is 14.0. The number of halogens is 2. The highest BCUT2D eigenvalue weighted by molar-refractivity contribution is 5.95. The number of benzene rings is 1. The van der Waals surface area contributed by atoms with Crippen molar-refractivity contribution in [3.8, 4) is 0 Å². The van der Waals surface area contributed by atoms with Crippen molar-refractivity contribution in [3.63, 3.8) is 0 Å². The molecule has 160 valence electrons. The number of nitrogens with zero attached hydrogens (tertiary/aromatic N) is 2. The molecule has 0 spiro atoms. The lowest BCUT2D eigenvalue weighted by atomic mass is 9.94. The van der Waals surface area contributed by atoms with Gasteiger partial charge in [-0.1, -0.05) is 12.8 Å². The lowest BCUT2D eigenvalue weighted by Crippen LogP contribution is -2.56. The zero-order valence-corrected chi connectivity index (χ0v) is 16.7. The second-order valence-electron chi connectivity index (χ2n) is 7.91. The Morgan fingerprint density at radius 2 is 1.80 bits per heavy atom. The summed E-state index contributed by atoms with van der Waals surface area (Å²) in [6.45, 7) is 2.07. The Labute approximate surface area is 173 Å². The Hall–Kier alpha value is -2.74. The van der Waals surface area contributed by atoms with Gasteiger partial charge in [0.1, 0.15) is 11.6 Å². The SMILES string of the molecule is O=C(Nc1ccc(F)cc1F)C(C1CCCC1)N1CCN(C(=O)c2ccco2)CC1. The molecule has 1 atom stereocenters. The summed E-state index contributed by atoms with van der Waals surface area (Å²) in [7, 11) is 0. The minimum atomic E-state index is -0.789. The van der Waals surface area contributed by atoms with Crippen LogP contribution in [-0.2, 0) is 4.79 Å². The molecule has 4 rings (SSSR count). The van der Waals surface area contributed by atoms with Crippen LogP contribution in [0, 0.1) is 17.6 Å². The second kappa shape index (κ2) is 8.95. The van der Waals surface area contributed by atoms with Crippen LogP contribution in [0.5, 0.6) is 0 Å². The summed E-state index contributed by atoms with van der Waals surface area (Å²) in [5.74, 6) is -1.42. The summed E-state index contributed by atoms with van der Waals surface area (Å²) < 4.78 is 32.4. The van der Waals surface area contributed by atoms with Crippen LogP contribution >= 0.6 is 0 Å². The number of carbonyl (C=O) groups excluding carboxylic acids is 2. The highest BCUT2D eigenvalue weighted by atomic mass is 19.1. The first kappa shape index (κ1) is 20.5. The van der Waals surface area contributed by atoms with E-state index in [1.807, 2.05) is 0 Å². The molecule has 6 nitrogen and oxygen atoms in total. The summed E-state index contributed by atoms with van der Waals surface area (Å²) >= 11 is 0. The van der Waals surface area contributed by atoms with E-state index in [0.29, 0.717) is 31.9 Å². The smallest absolute Gasteiger partial charge is 0.289 e. The van der Waals surface area contributed by atoms with Crippen molar-refractivity contribution in [2.24, 2.45) is 5.92 Å². The van der Waals surface area contributed by atoms with Crippen LogP contribution in [0.2, 0.25) is 0 Å². The molecule has 0 radical (unpaired) electrons. The van der Waals surface area contributed by atoms with Gasteiger partial charge in [0.2, 0.25) is 5.91 Å². The van der Waals surface area contributed by atoms with Crippen LogP contribution in [0.4, 0.5) is 14.5 Å². The van der Waals surface area contributed by atoms with Gasteiger partial charge in [0.25, 0.3) is 5.91 Å². The Morgan fingerprint density at radius 1 is 1.07 bits per heavy atom. The number of anilines is 1. The molecule has 1 unspecified atom stereocenters. The molecule has 2 amide bonds. The molecule has 1 saturated carbocycles. The van der Waals surface area contributed by atoms with Gasteiger partial charge in [-0.3, -0.25) is 14.5 Å². The van der Waals surface area contributed by atoms with Gasteiger partial charge in [-0.25, -0.2) is 8.78 Å². The lowest BCUT2D eigenvalue weighted by molar-refractivity contribution is -0.124. The van der Waals surface area contributed by atoms with Gasteiger partial charge in [-0.05, 0) is 43.0 Å². The molecular formula is C22H25F2N3O3. The quantitative estimate of drug-likeness (QED) is 0.809. The fourth-order valence-electron chi connectivity index (χ4n) is 4.51. The van der Waals surface area contributed by atoms with Crippen LogP contribution < -0.4 is 5.32 Å². The molecule has 8 heteroatoms. The average molecular weight is 417 g/mol. The van der Waals surface area contributed by atoms with E-state index in [1.54, 1.807) is 17.0 Å². The molecule has 1 N–H and O–H groups in total. The number of amides is 2. The molecule has 1 aliphatic heterocycles. The van der Waals surface area contributed by atoms with Crippen LogP contribution in [0.3, 0.4) is 0 Å². The van der Waals surface area contributed by atoms with Gasteiger partial charge >= 0.3 is 0 Å². The monoisotopic (exact) mass is 417 g/mol. The highest BCUT2D eigenvalue weighted by Gasteiger charge is 2.37. The van der Waals surface area contributed by atoms with Gasteiger partial charge in [-0.2, -0.15) is 0 Å². The average Bonchev–Trinajstić information content (AvgIpc) is 3.45. The Kier molecular flexibility index (Phi) is 6.13. The van der Waals surface area contributed by atoms with Gasteiger partial charge < -0.3 is 14.6 Å². The number of carbonyl (C=O) groups is 2. The number of rotatable bonds is 5. The maximum absolute atomic E-state index is 14.0. The second-order valence-corrected chi connectivity index (χ2v) is 7.91. The number of piperazine rings is 1. The van der Waals surface area contributed by atoms with Gasteiger partial charge in [0.15, 0.2) is 5.76 Å². The van der Waals surface area contributed by atoms with Crippen molar-refractivity contribution >= 4 is 17.5 Å². The van der Waals surface area contributed by atoms with Crippen LogP contribution in [0.1, 0.15) is 36.2 Å². The first-order valence-corrected chi connectivity index (χ1v) is 10.4. The third-order valence-corrected chi connectivity index (χ3v) is 6.03. The van der Waals surface area contributed by atoms with Crippen LogP contribution in [0.15, 0.2) is 41.0 Å². The van der Waals surface area contributed by atoms with E-state index in [1.165, 1.54) is 12.3 Å². The summed E-state index contributed by atoms with van der Waals surface area (Å²) in [6.07, 6.45) is 5.48. The zero-order valence-electron chi connectivity index (χ0n) is 16.7. The molecule has 2 aromatic rings. The summed E-state index contributed by atoms with van der Waals surface area (Å²) in [4.78, 5) is 29.4. The summed E-state index contributed by atoms with van der Waals surface area (Å²) in [5.41, 5.74) is -0.0176. The number of hydrogen-bond donors (Lipinski definition) is 1. The van der Waals surface area contributed by atoms with Crippen molar-refractivity contribution in [2.75, 3.05) is 31.5 Å². The Bertz CT molecular complexity index is 889. The molecule has 2 heterocycles. The lowest BCUT2D eigenvalue weighted by Gasteiger charge is -2.40. The van der Waals surface area contributed by atoms with E-state index in [0.717, 1.165) is 37.8 Å². The maximum Gasteiger partial charge on any atom is 0.289 e. The largest absolute Gasteiger partial charge is 0.459 e. The normalized spacial score (nSPS) is 19.1. The number of hydrogen-bond acceptors (Lipinski definition) is 4. The van der Waals surface area contributed by atoms with Crippen molar-refractivity contribution in [1.29, 1.82) is 0 Å². The molecule has 30 heavy (non-hydrogen) atoms. The highest BCUT2D eigenvalue weighted by Crippen LogP contribution is 2.32. The molecule has 1 aromatic heterocycles. The van der Waals surface area contributed by atoms with E-state index >= 15 is 0 Å². The van der Waals surface area contributed by atoms with E-state index in [2.05, 4.69) is 10.2 Å². The fraction of sp³-hybridized carbons (Fsp3) is 0.455. The molecule has 1 aromatic carbocycles. The number of furan rings is 1. The Morgan fingerprint density at radius 3 is 2.43 bits per heavy atom. The van der Waals surface area contributed by atoms with Crippen molar-refractivity contribution < 1.29 is 22.8 Å². The molecule has 2 fully saturated rings. The van der Waals surface area contributed by atoms with Crippen molar-refractivity contribution in [3.05, 3.63) is 54.0 Å². The van der Waals surface area contributed by atoms with Crippen LogP contribution in [0.25, 0.3) is 0 Å². The van der Waals surface area contributed by atoms with Crippen molar-refractivity contribution in [1.82, 2.24) is 9.80 Å². The first-order chi connectivity index (χ1) is 14.5. The van der Waals surface area contributed by atoms with E-state index in [4.69, 9.17) is 4.42 Å². The minimum Gasteiger partial charge on any atom is -0.459 e. The zero-order chi connectivity index (χ0) is 21.1. The molecular weight excluding hydrogens is 392 g/mol. The standard InChI is InChI=1S/C22H25F2N3O3/c23-16-7-8-18(17(24)14-16)25-21(28)20(15-4-1-2-5-15)26-9-11-27(12-10-26)22(29)19-6-3-13-30-19/h3,6-8,13-15,20H,1-2,4-5,9-12H2,(H,25,28). The minimum absolute atomic E-state index is 0.0176. The van der Waals surface area contributed by atoms with Gasteiger partial charge in [0.05, 0.1) is 18.0 Å². The third kappa shape index (κ3) is 4.38. The van der Waals surface area contributed by atoms with E-state index < -0.39 is 17.7 Å². The van der Waals surface area contributed by atoms with Gasteiger partial charge in [-0.15, -0.1) is 0 Å². The molecule has 1 saturated heterocycles. The molecule has 1 aliphatic carbocycles. The van der Waals surface area contributed by atoms with Gasteiger partial charge in [0, 0.05) is 32.2 Å². The predicted molar refractivity (Wildman–Crippen MR) is 107 cm³/mol. The third-order valence-electron chi connectivity index (χ3n) is 6.03. The molecule has 2 aliphatic rings. The van der Waals surface area contributed by atoms with E-state index in [9.17, 15) is 18.4 Å². The molecule has 0 bridgehead atoms. The first-order valence-electron chi connectivity index (χ1n) is 10.4. The predicted octanol–water partition coefficient (Wildman–Crippen LogP) is 3.51. The van der Waals surface area contributed by atoms with Crippen LogP contribution in [-0.4, -0.2) is 53.8 Å². The number of nitrogens with one attached hydrogen (secondary N) is 1. The summed E-state index contributed by atoms with van der Waals surface area (Å²) in [5, 5.41) is 2.65. The van der Waals surface area contributed by atoms with Crippen molar-refractivity contribution in [2.45, 2.75) is 31.7 Å².